The second kappa shape index (κ2) is 5.17. The zero-order chi connectivity index (χ0) is 13.0. The molecule has 2 aromatic rings. The van der Waals surface area contributed by atoms with E-state index in [0.717, 1.165) is 0 Å². The monoisotopic (exact) mass is 248 g/mol. The Morgan fingerprint density at radius 1 is 1.56 bits per heavy atom. The topological polar surface area (TPSA) is 100 Å². The molecule has 0 atom stereocenters. The molecule has 0 unspecified atom stereocenters. The van der Waals surface area contributed by atoms with Crippen LogP contribution in [0.4, 0.5) is 0 Å². The van der Waals surface area contributed by atoms with Gasteiger partial charge in [0, 0.05) is 6.07 Å². The Kier molecular flexibility index (Phi) is 3.42. The first kappa shape index (κ1) is 11.9. The van der Waals surface area contributed by atoms with Crippen molar-refractivity contribution in [1.29, 1.82) is 0 Å². The largest absolute Gasteiger partial charge is 0.507 e. The van der Waals surface area contributed by atoms with Crippen molar-refractivity contribution in [2.24, 2.45) is 0 Å². The average molecular weight is 248 g/mol. The zero-order valence-electron chi connectivity index (χ0n) is 9.67. The molecule has 18 heavy (non-hydrogen) atoms. The summed E-state index contributed by atoms with van der Waals surface area (Å²) in [6.07, 6.45) is 1.35. The van der Waals surface area contributed by atoms with Gasteiger partial charge in [0.05, 0.1) is 19.2 Å². The summed E-state index contributed by atoms with van der Waals surface area (Å²) in [6.45, 7) is 0.213. The minimum atomic E-state index is -0.397. The number of H-pyrrole nitrogens is 1. The summed E-state index contributed by atoms with van der Waals surface area (Å²) in [5.41, 5.74) is 0.176. The van der Waals surface area contributed by atoms with Crippen LogP contribution in [-0.2, 0) is 6.54 Å². The predicted octanol–water partition coefficient (Wildman–Crippen LogP) is 0.449. The van der Waals surface area contributed by atoms with E-state index in [1.54, 1.807) is 6.07 Å². The van der Waals surface area contributed by atoms with E-state index < -0.39 is 5.91 Å². The summed E-state index contributed by atoms with van der Waals surface area (Å²) in [7, 11) is 1.48. The van der Waals surface area contributed by atoms with Gasteiger partial charge < -0.3 is 15.2 Å². The number of methoxy groups -OCH3 is 1. The number of hydrogen-bond donors (Lipinski definition) is 3. The minimum absolute atomic E-state index is 0.135. The molecule has 0 aliphatic carbocycles. The number of aromatic nitrogens is 3. The van der Waals surface area contributed by atoms with Gasteiger partial charge in [-0.05, 0) is 12.1 Å². The summed E-state index contributed by atoms with van der Waals surface area (Å²) in [4.78, 5) is 15.7. The molecule has 0 aliphatic heterocycles. The molecule has 0 saturated carbocycles. The van der Waals surface area contributed by atoms with E-state index in [4.69, 9.17) is 4.74 Å². The number of ether oxygens (including phenoxy) is 1. The van der Waals surface area contributed by atoms with Crippen molar-refractivity contribution in [1.82, 2.24) is 20.5 Å². The van der Waals surface area contributed by atoms with Gasteiger partial charge in [0.15, 0.2) is 0 Å². The second-order valence-corrected chi connectivity index (χ2v) is 3.50. The molecule has 0 saturated heterocycles. The first-order valence-corrected chi connectivity index (χ1v) is 5.20. The number of nitrogens with one attached hydrogen (secondary N) is 2. The van der Waals surface area contributed by atoms with Crippen LogP contribution in [0.3, 0.4) is 0 Å². The highest BCUT2D eigenvalue weighted by atomic mass is 16.5. The Hall–Kier alpha value is -2.57. The van der Waals surface area contributed by atoms with Crippen molar-refractivity contribution >= 4 is 5.91 Å². The van der Waals surface area contributed by atoms with Gasteiger partial charge in [0.1, 0.15) is 23.7 Å². The smallest absolute Gasteiger partial charge is 0.255 e. The van der Waals surface area contributed by atoms with Gasteiger partial charge in [-0.2, -0.15) is 5.10 Å². The van der Waals surface area contributed by atoms with Crippen molar-refractivity contribution < 1.29 is 14.6 Å². The van der Waals surface area contributed by atoms with Crippen LogP contribution >= 0.6 is 0 Å². The van der Waals surface area contributed by atoms with E-state index in [-0.39, 0.29) is 17.9 Å². The Balaban J connectivity index is 2.04. The molecule has 0 bridgehead atoms. The van der Waals surface area contributed by atoms with Crippen LogP contribution in [0, 0.1) is 0 Å². The molecule has 7 nitrogen and oxygen atoms in total. The van der Waals surface area contributed by atoms with E-state index >= 15 is 0 Å². The van der Waals surface area contributed by atoms with E-state index in [1.807, 2.05) is 0 Å². The fourth-order valence-corrected chi connectivity index (χ4v) is 1.41. The molecule has 1 amide bonds. The van der Waals surface area contributed by atoms with Gasteiger partial charge in [-0.25, -0.2) is 4.98 Å². The number of benzene rings is 1. The van der Waals surface area contributed by atoms with Gasteiger partial charge in [0.25, 0.3) is 5.91 Å². The lowest BCUT2D eigenvalue weighted by Crippen LogP contribution is -2.23. The molecule has 0 fully saturated rings. The summed E-state index contributed by atoms with van der Waals surface area (Å²) in [5.74, 6) is 0.492. The Morgan fingerprint density at radius 2 is 2.39 bits per heavy atom. The number of aromatic amines is 1. The summed E-state index contributed by atoms with van der Waals surface area (Å²) in [5, 5.41) is 18.6. The van der Waals surface area contributed by atoms with E-state index in [2.05, 4.69) is 20.5 Å². The lowest BCUT2D eigenvalue weighted by molar-refractivity contribution is 0.0947. The standard InChI is InChI=1S/C11H12N4O3/c1-18-7-2-3-8(9(16)4-7)11(17)12-5-10-13-6-14-15-10/h2-4,6,16H,5H2,1H3,(H,12,17)(H,13,14,15). The SMILES string of the molecule is COc1ccc(C(=O)NCc2ncn[nH]2)c(O)c1. The van der Waals surface area contributed by atoms with E-state index in [9.17, 15) is 9.90 Å². The van der Waals surface area contributed by atoms with Crippen molar-refractivity contribution in [2.45, 2.75) is 6.54 Å². The average Bonchev–Trinajstić information content (AvgIpc) is 2.88. The van der Waals surface area contributed by atoms with E-state index in [1.165, 1.54) is 25.6 Å². The molecule has 3 N–H and O–H groups in total. The fraction of sp³-hybridized carbons (Fsp3) is 0.182. The molecular weight excluding hydrogens is 236 g/mol. The first-order valence-electron chi connectivity index (χ1n) is 5.20. The van der Waals surface area contributed by atoms with Gasteiger partial charge in [-0.15, -0.1) is 0 Å². The molecular formula is C11H12N4O3. The summed E-state index contributed by atoms with van der Waals surface area (Å²) in [6, 6.07) is 4.47. The number of phenols is 1. The van der Waals surface area contributed by atoms with Crippen LogP contribution in [0.15, 0.2) is 24.5 Å². The molecule has 0 aliphatic rings. The highest BCUT2D eigenvalue weighted by molar-refractivity contribution is 5.96. The third kappa shape index (κ3) is 2.57. The van der Waals surface area contributed by atoms with Crippen molar-refractivity contribution in [3.8, 4) is 11.5 Å². The molecule has 7 heteroatoms. The van der Waals surface area contributed by atoms with Crippen molar-refractivity contribution in [2.75, 3.05) is 7.11 Å². The number of phenolic OH excluding ortho intramolecular Hbond substituents is 1. The Bertz CT molecular complexity index is 539. The Morgan fingerprint density at radius 3 is 3.00 bits per heavy atom. The first-order chi connectivity index (χ1) is 8.70. The third-order valence-electron chi connectivity index (χ3n) is 2.33. The Labute approximate surface area is 103 Å². The number of hydrogen-bond acceptors (Lipinski definition) is 5. The fourth-order valence-electron chi connectivity index (χ4n) is 1.41. The maximum absolute atomic E-state index is 11.8. The second-order valence-electron chi connectivity index (χ2n) is 3.50. The molecule has 2 rings (SSSR count). The number of rotatable bonds is 4. The number of amides is 1. The predicted molar refractivity (Wildman–Crippen MR) is 62.2 cm³/mol. The maximum atomic E-state index is 11.8. The number of carbonyl (C=O) groups excluding carboxylic acids is 1. The number of nitrogens with zero attached hydrogens (tertiary/aromatic N) is 2. The van der Waals surface area contributed by atoms with Crippen LogP contribution in [0.2, 0.25) is 0 Å². The van der Waals surface area contributed by atoms with E-state index in [0.29, 0.717) is 11.6 Å². The van der Waals surface area contributed by atoms with Gasteiger partial charge in [-0.3, -0.25) is 9.89 Å². The molecule has 1 heterocycles. The van der Waals surface area contributed by atoms with Gasteiger partial charge in [-0.1, -0.05) is 0 Å². The third-order valence-corrected chi connectivity index (χ3v) is 2.33. The van der Waals surface area contributed by atoms with Gasteiger partial charge >= 0.3 is 0 Å². The summed E-state index contributed by atoms with van der Waals surface area (Å²) >= 11 is 0. The quantitative estimate of drug-likeness (QED) is 0.729. The number of carbonyl (C=O) groups is 1. The molecule has 0 spiro atoms. The van der Waals surface area contributed by atoms with Crippen LogP contribution in [0.1, 0.15) is 16.2 Å². The minimum Gasteiger partial charge on any atom is -0.507 e. The van der Waals surface area contributed by atoms with Crippen LogP contribution in [0.5, 0.6) is 11.5 Å². The highest BCUT2D eigenvalue weighted by Gasteiger charge is 2.12. The lowest BCUT2D eigenvalue weighted by Gasteiger charge is -2.07. The zero-order valence-corrected chi connectivity index (χ0v) is 9.67. The molecule has 94 valence electrons. The van der Waals surface area contributed by atoms with Crippen LogP contribution < -0.4 is 10.1 Å². The maximum Gasteiger partial charge on any atom is 0.255 e. The van der Waals surface area contributed by atoms with Gasteiger partial charge in [0.2, 0.25) is 0 Å². The van der Waals surface area contributed by atoms with Crippen LogP contribution in [0.25, 0.3) is 0 Å². The normalized spacial score (nSPS) is 10.1. The molecule has 1 aromatic heterocycles. The van der Waals surface area contributed by atoms with Crippen molar-refractivity contribution in [3.63, 3.8) is 0 Å². The highest BCUT2D eigenvalue weighted by Crippen LogP contribution is 2.23. The molecule has 0 radical (unpaired) electrons. The number of aromatic hydroxyl groups is 1. The van der Waals surface area contributed by atoms with Crippen LogP contribution in [-0.4, -0.2) is 33.3 Å². The lowest BCUT2D eigenvalue weighted by atomic mass is 10.2. The van der Waals surface area contributed by atoms with Crippen molar-refractivity contribution in [3.05, 3.63) is 35.9 Å². The molecule has 1 aromatic carbocycles. The summed E-state index contributed by atoms with van der Waals surface area (Å²) < 4.78 is 4.93.